The lowest BCUT2D eigenvalue weighted by atomic mass is 9.85. The standard InChI is InChI=1S/C26H25NO/c1-2-8-22-16-19(12-13-20(22)6-1)18-28-26-17-27-15-14-25(26)24-11-5-9-21-7-3-4-10-23(21)24/h1-13,16,25-27H,14-15,17-18H2/t25-,26+/m0/s1. The van der Waals surface area contributed by atoms with Crippen LogP contribution in [0, 0.1) is 0 Å². The molecule has 2 nitrogen and oxygen atoms in total. The first-order valence-corrected chi connectivity index (χ1v) is 10.2. The fourth-order valence-electron chi connectivity index (χ4n) is 4.47. The van der Waals surface area contributed by atoms with Gasteiger partial charge >= 0.3 is 0 Å². The Bertz CT molecular complexity index is 1100. The van der Waals surface area contributed by atoms with Gasteiger partial charge in [-0.25, -0.2) is 0 Å². The van der Waals surface area contributed by atoms with Crippen LogP contribution in [0.2, 0.25) is 0 Å². The lowest BCUT2D eigenvalue weighted by Crippen LogP contribution is -2.41. The molecule has 2 atom stereocenters. The number of fused-ring (bicyclic) bond motifs is 2. The van der Waals surface area contributed by atoms with Gasteiger partial charge in [-0.1, -0.05) is 78.9 Å². The van der Waals surface area contributed by atoms with Crippen LogP contribution in [0.1, 0.15) is 23.5 Å². The van der Waals surface area contributed by atoms with E-state index >= 15 is 0 Å². The van der Waals surface area contributed by atoms with Crippen molar-refractivity contribution >= 4 is 21.5 Å². The second-order valence-corrected chi connectivity index (χ2v) is 7.70. The molecule has 0 spiro atoms. The van der Waals surface area contributed by atoms with E-state index in [0.717, 1.165) is 19.5 Å². The molecule has 140 valence electrons. The van der Waals surface area contributed by atoms with Crippen LogP contribution in [-0.4, -0.2) is 19.2 Å². The van der Waals surface area contributed by atoms with Crippen molar-refractivity contribution in [3.8, 4) is 0 Å². The largest absolute Gasteiger partial charge is 0.372 e. The number of hydrogen-bond acceptors (Lipinski definition) is 2. The van der Waals surface area contributed by atoms with Gasteiger partial charge in [-0.05, 0) is 51.7 Å². The van der Waals surface area contributed by atoms with Gasteiger partial charge in [0.25, 0.3) is 0 Å². The quantitative estimate of drug-likeness (QED) is 0.503. The molecule has 0 radical (unpaired) electrons. The molecule has 0 aliphatic carbocycles. The lowest BCUT2D eigenvalue weighted by Gasteiger charge is -2.33. The normalized spacial score (nSPS) is 19.9. The molecule has 1 heterocycles. The second-order valence-electron chi connectivity index (χ2n) is 7.70. The molecule has 0 aromatic heterocycles. The third-order valence-corrected chi connectivity index (χ3v) is 5.93. The molecule has 4 aromatic carbocycles. The first kappa shape index (κ1) is 17.4. The van der Waals surface area contributed by atoms with E-state index in [2.05, 4.69) is 90.2 Å². The summed E-state index contributed by atoms with van der Waals surface area (Å²) in [5.41, 5.74) is 2.66. The van der Waals surface area contributed by atoms with Crippen LogP contribution in [0.3, 0.4) is 0 Å². The number of nitrogens with one attached hydrogen (secondary N) is 1. The molecule has 28 heavy (non-hydrogen) atoms. The number of benzene rings is 4. The van der Waals surface area contributed by atoms with Gasteiger partial charge < -0.3 is 10.1 Å². The van der Waals surface area contributed by atoms with Crippen LogP contribution in [0.5, 0.6) is 0 Å². The van der Waals surface area contributed by atoms with Crippen molar-refractivity contribution in [1.82, 2.24) is 5.32 Å². The van der Waals surface area contributed by atoms with Gasteiger partial charge in [0.2, 0.25) is 0 Å². The Balaban J connectivity index is 1.39. The molecular weight excluding hydrogens is 342 g/mol. The smallest absolute Gasteiger partial charge is 0.0773 e. The second kappa shape index (κ2) is 7.75. The zero-order chi connectivity index (χ0) is 18.8. The topological polar surface area (TPSA) is 21.3 Å². The van der Waals surface area contributed by atoms with E-state index in [-0.39, 0.29) is 6.10 Å². The molecule has 2 heteroatoms. The Morgan fingerprint density at radius 1 is 0.786 bits per heavy atom. The van der Waals surface area contributed by atoms with Crippen LogP contribution < -0.4 is 5.32 Å². The zero-order valence-corrected chi connectivity index (χ0v) is 16.0. The Morgan fingerprint density at radius 3 is 2.50 bits per heavy atom. The van der Waals surface area contributed by atoms with E-state index < -0.39 is 0 Å². The molecule has 4 aromatic rings. The van der Waals surface area contributed by atoms with E-state index in [9.17, 15) is 0 Å². The van der Waals surface area contributed by atoms with E-state index in [1.807, 2.05) is 0 Å². The van der Waals surface area contributed by atoms with Gasteiger partial charge in [-0.15, -0.1) is 0 Å². The van der Waals surface area contributed by atoms with Crippen LogP contribution in [0.4, 0.5) is 0 Å². The molecule has 0 amide bonds. The highest BCUT2D eigenvalue weighted by Crippen LogP contribution is 2.33. The molecule has 5 rings (SSSR count). The van der Waals surface area contributed by atoms with Crippen molar-refractivity contribution in [2.45, 2.75) is 25.0 Å². The number of hydrogen-bond donors (Lipinski definition) is 1. The van der Waals surface area contributed by atoms with Crippen molar-refractivity contribution in [2.24, 2.45) is 0 Å². The molecule has 0 bridgehead atoms. The third kappa shape index (κ3) is 3.42. The average molecular weight is 367 g/mol. The summed E-state index contributed by atoms with van der Waals surface area (Å²) in [6, 6.07) is 30.5. The van der Waals surface area contributed by atoms with Crippen LogP contribution in [0.25, 0.3) is 21.5 Å². The maximum atomic E-state index is 6.47. The number of piperidine rings is 1. The lowest BCUT2D eigenvalue weighted by molar-refractivity contribution is 0.0110. The van der Waals surface area contributed by atoms with Crippen LogP contribution >= 0.6 is 0 Å². The summed E-state index contributed by atoms with van der Waals surface area (Å²) in [6.45, 7) is 2.60. The summed E-state index contributed by atoms with van der Waals surface area (Å²) >= 11 is 0. The maximum Gasteiger partial charge on any atom is 0.0773 e. The highest BCUT2D eigenvalue weighted by molar-refractivity contribution is 5.86. The Morgan fingerprint density at radius 2 is 1.57 bits per heavy atom. The molecule has 1 aliphatic heterocycles. The highest BCUT2D eigenvalue weighted by Gasteiger charge is 2.28. The molecule has 1 fully saturated rings. The zero-order valence-electron chi connectivity index (χ0n) is 16.0. The van der Waals surface area contributed by atoms with Gasteiger partial charge in [-0.2, -0.15) is 0 Å². The van der Waals surface area contributed by atoms with Crippen LogP contribution in [0.15, 0.2) is 84.9 Å². The summed E-state index contributed by atoms with van der Waals surface area (Å²) in [5, 5.41) is 8.74. The predicted molar refractivity (Wildman–Crippen MR) is 117 cm³/mol. The van der Waals surface area contributed by atoms with Gasteiger partial charge in [0, 0.05) is 12.5 Å². The molecule has 1 aliphatic rings. The van der Waals surface area contributed by atoms with Crippen molar-refractivity contribution in [3.05, 3.63) is 96.1 Å². The minimum atomic E-state index is 0.186. The van der Waals surface area contributed by atoms with Gasteiger partial charge in [0.1, 0.15) is 0 Å². The number of rotatable bonds is 4. The fourth-order valence-corrected chi connectivity index (χ4v) is 4.47. The van der Waals surface area contributed by atoms with E-state index in [4.69, 9.17) is 4.74 Å². The summed E-state index contributed by atoms with van der Waals surface area (Å²) in [4.78, 5) is 0. The monoisotopic (exact) mass is 367 g/mol. The Kier molecular flexibility index (Phi) is 4.82. The number of ether oxygens (including phenoxy) is 1. The van der Waals surface area contributed by atoms with Crippen molar-refractivity contribution in [2.75, 3.05) is 13.1 Å². The van der Waals surface area contributed by atoms with E-state index in [0.29, 0.717) is 12.5 Å². The SMILES string of the molecule is c1ccc2cc(CO[C@@H]3CNCC[C@H]3c3cccc4ccccc34)ccc2c1. The third-order valence-electron chi connectivity index (χ3n) is 5.93. The van der Waals surface area contributed by atoms with E-state index in [1.165, 1.54) is 32.7 Å². The highest BCUT2D eigenvalue weighted by atomic mass is 16.5. The van der Waals surface area contributed by atoms with Crippen molar-refractivity contribution < 1.29 is 4.74 Å². The molecular formula is C26H25NO. The maximum absolute atomic E-state index is 6.47. The van der Waals surface area contributed by atoms with Crippen LogP contribution in [-0.2, 0) is 11.3 Å². The first-order chi connectivity index (χ1) is 13.9. The minimum absolute atomic E-state index is 0.186. The molecule has 0 saturated carbocycles. The summed E-state index contributed by atoms with van der Waals surface area (Å²) in [5.74, 6) is 0.424. The predicted octanol–water partition coefficient (Wildman–Crippen LogP) is 5.66. The fraction of sp³-hybridized carbons (Fsp3) is 0.231. The summed E-state index contributed by atoms with van der Waals surface area (Å²) < 4.78 is 6.47. The van der Waals surface area contributed by atoms with Crippen molar-refractivity contribution in [3.63, 3.8) is 0 Å². The molecule has 1 saturated heterocycles. The molecule has 1 N–H and O–H groups in total. The summed E-state index contributed by atoms with van der Waals surface area (Å²) in [6.07, 6.45) is 1.29. The first-order valence-electron chi connectivity index (χ1n) is 10.2. The minimum Gasteiger partial charge on any atom is -0.372 e. The molecule has 0 unspecified atom stereocenters. The Labute approximate surface area is 166 Å². The van der Waals surface area contributed by atoms with Gasteiger partial charge in [0.15, 0.2) is 0 Å². The van der Waals surface area contributed by atoms with Crippen molar-refractivity contribution in [1.29, 1.82) is 0 Å². The summed E-state index contributed by atoms with van der Waals surface area (Å²) in [7, 11) is 0. The van der Waals surface area contributed by atoms with Gasteiger partial charge in [0.05, 0.1) is 12.7 Å². The Hall–Kier alpha value is -2.68. The average Bonchev–Trinajstić information content (AvgIpc) is 2.77. The van der Waals surface area contributed by atoms with Gasteiger partial charge in [-0.3, -0.25) is 0 Å². The van der Waals surface area contributed by atoms with E-state index in [1.54, 1.807) is 0 Å².